The molecule has 0 aromatic heterocycles. The van der Waals surface area contributed by atoms with E-state index in [1.807, 2.05) is 297 Å². The normalized spacial score (nSPS) is 13.1. The molecule has 14 rings (SSSR count). The molecule has 97 heavy (non-hydrogen) atoms. The van der Waals surface area contributed by atoms with E-state index in [-0.39, 0.29) is 11.6 Å². The number of ether oxygens (including phenoxy) is 1. The number of rotatable bonds is 10. The van der Waals surface area contributed by atoms with Crippen LogP contribution in [0.25, 0.3) is 39.0 Å². The minimum atomic E-state index is -0.119. The van der Waals surface area contributed by atoms with E-state index in [1.165, 1.54) is 0 Å². The van der Waals surface area contributed by atoms with Crippen LogP contribution in [0.2, 0.25) is 0 Å². The first kappa shape index (κ1) is 60.9. The molecule has 3 aliphatic carbocycles. The predicted molar refractivity (Wildman–Crippen MR) is 394 cm³/mol. The Kier molecular flexibility index (Phi) is 17.6. The fourth-order valence-corrected chi connectivity index (χ4v) is 12.3. The smallest absolute Gasteiger partial charge is 0.195 e. The molecule has 11 aromatic carbocycles. The van der Waals surface area contributed by atoms with E-state index < -0.39 is 0 Å². The van der Waals surface area contributed by atoms with Crippen molar-refractivity contribution in [1.29, 1.82) is 0 Å². The Balaban J connectivity index is 0.840. The Labute approximate surface area is 566 Å². The second kappa shape index (κ2) is 28.1. The summed E-state index contributed by atoms with van der Waals surface area (Å²) in [5.74, 6) is 32.9. The van der Waals surface area contributed by atoms with E-state index in [9.17, 15) is 0 Å². The Morgan fingerprint density at radius 3 is 0.773 bits per heavy atom. The van der Waals surface area contributed by atoms with Gasteiger partial charge in [0.2, 0.25) is 0 Å². The second-order valence-corrected chi connectivity index (χ2v) is 23.3. The van der Waals surface area contributed by atoms with Gasteiger partial charge >= 0.3 is 0 Å². The second-order valence-electron chi connectivity index (χ2n) is 23.3. The Bertz CT molecular complexity index is 5460. The average Bonchev–Trinajstić information content (AvgIpc) is 1.60. The van der Waals surface area contributed by atoms with Crippen molar-refractivity contribution in [2.24, 2.45) is 0 Å². The van der Waals surface area contributed by atoms with Gasteiger partial charge in [0.25, 0.3) is 0 Å². The molecule has 3 aliphatic rings. The van der Waals surface area contributed by atoms with Gasteiger partial charge in [-0.1, -0.05) is 229 Å². The van der Waals surface area contributed by atoms with Gasteiger partial charge in [-0.15, -0.1) is 12.8 Å². The van der Waals surface area contributed by atoms with Gasteiger partial charge in [-0.25, -0.2) is 0 Å². The van der Waals surface area contributed by atoms with E-state index in [2.05, 4.69) is 65.3 Å². The lowest BCUT2D eigenvalue weighted by Gasteiger charge is -2.17. The first-order valence-corrected chi connectivity index (χ1v) is 31.9. The van der Waals surface area contributed by atoms with E-state index in [4.69, 9.17) is 17.6 Å². The number of Topliss-reactive ketones (excluding diaryl/α,β-unsaturated/α-hetero) is 2. The van der Waals surface area contributed by atoms with Crippen molar-refractivity contribution in [2.75, 3.05) is 0 Å². The summed E-state index contributed by atoms with van der Waals surface area (Å²) >= 11 is 0. The zero-order chi connectivity index (χ0) is 65.9. The predicted octanol–water partition coefficient (Wildman–Crippen LogP) is 19.4. The lowest BCUT2D eigenvalue weighted by atomic mass is 9.86. The Morgan fingerprint density at radius 2 is 0.485 bits per heavy atom. The van der Waals surface area contributed by atoms with E-state index in [0.717, 1.165) is 122 Å². The van der Waals surface area contributed by atoms with Crippen LogP contribution in [0.4, 0.5) is 0 Å². The molecule has 0 saturated carbocycles. The van der Waals surface area contributed by atoms with Gasteiger partial charge in [0, 0.05) is 100 Å². The van der Waals surface area contributed by atoms with Crippen molar-refractivity contribution in [3.8, 4) is 83.6 Å². The largest absolute Gasteiger partial charge is 0.457 e. The number of terminal acetylenes is 2. The number of benzene rings is 11. The van der Waals surface area contributed by atoms with Crippen molar-refractivity contribution in [1.82, 2.24) is 0 Å². The molecule has 450 valence electrons. The van der Waals surface area contributed by atoms with Crippen molar-refractivity contribution in [3.05, 3.63) is 409 Å². The molecule has 0 heterocycles. The molecule has 0 spiro atoms. The Hall–Kier alpha value is -13.6. The first-order valence-electron chi connectivity index (χ1n) is 31.9. The number of ketones is 2. The lowest BCUT2D eigenvalue weighted by molar-refractivity contribution is -0.110. The number of carbonyl (C=O) groups excluding carboxylic acids is 2. The van der Waals surface area contributed by atoms with E-state index in [1.54, 1.807) is 0 Å². The van der Waals surface area contributed by atoms with Gasteiger partial charge in [0.15, 0.2) is 11.6 Å². The summed E-state index contributed by atoms with van der Waals surface area (Å²) in [5.41, 5.74) is 20.6. The summed E-state index contributed by atoms with van der Waals surface area (Å²) in [7, 11) is 0. The Morgan fingerprint density at radius 1 is 0.237 bits per heavy atom. The van der Waals surface area contributed by atoms with Crippen molar-refractivity contribution in [3.63, 3.8) is 0 Å². The highest BCUT2D eigenvalue weighted by molar-refractivity contribution is 6.59. The average molecular weight is 1230 g/mol. The highest BCUT2D eigenvalue weighted by atomic mass is 16.5. The summed E-state index contributed by atoms with van der Waals surface area (Å²) in [6.45, 7) is 0. The lowest BCUT2D eigenvalue weighted by Crippen LogP contribution is -2.07. The number of hydrogen-bond donors (Lipinski definition) is 0. The fraction of sp³-hybridized carbons (Fsp3) is 0.0213. The summed E-state index contributed by atoms with van der Waals surface area (Å²) in [6.07, 6.45) is 17.2. The molecule has 0 N–H and O–H groups in total. The molecule has 0 unspecified atom stereocenters. The van der Waals surface area contributed by atoms with Crippen LogP contribution in [0.3, 0.4) is 0 Å². The molecule has 0 amide bonds. The topological polar surface area (TPSA) is 43.4 Å². The van der Waals surface area contributed by atoms with Gasteiger partial charge in [0.05, 0.1) is 0 Å². The van der Waals surface area contributed by atoms with Crippen LogP contribution >= 0.6 is 0 Å². The van der Waals surface area contributed by atoms with Crippen molar-refractivity contribution < 1.29 is 14.3 Å². The molecule has 3 heteroatoms. The minimum absolute atomic E-state index is 0.0718. The zero-order valence-corrected chi connectivity index (χ0v) is 52.7. The molecular formula is C94H56O3. The summed E-state index contributed by atoms with van der Waals surface area (Å²) < 4.78 is 6.72. The first-order chi connectivity index (χ1) is 47.8. The van der Waals surface area contributed by atoms with Gasteiger partial charge in [-0.3, -0.25) is 9.59 Å². The summed E-state index contributed by atoms with van der Waals surface area (Å²) in [6, 6.07) is 94.7. The number of carbonyl (C=O) groups is 2. The van der Waals surface area contributed by atoms with Crippen molar-refractivity contribution >= 4 is 50.6 Å². The fourth-order valence-electron chi connectivity index (χ4n) is 12.3. The van der Waals surface area contributed by atoms with Gasteiger partial charge in [-0.2, -0.15) is 0 Å². The summed E-state index contributed by atoms with van der Waals surface area (Å²) in [4.78, 5) is 31.3. The molecule has 0 fully saturated rings. The third-order valence-electron chi connectivity index (χ3n) is 17.1. The van der Waals surface area contributed by atoms with Gasteiger partial charge < -0.3 is 4.74 Å². The van der Waals surface area contributed by atoms with Crippen LogP contribution < -0.4 is 4.74 Å². The van der Waals surface area contributed by atoms with Crippen LogP contribution in [0, 0.1) is 72.1 Å². The quantitative estimate of drug-likeness (QED) is 0.128. The van der Waals surface area contributed by atoms with Crippen LogP contribution in [0.15, 0.2) is 320 Å². The highest BCUT2D eigenvalue weighted by Gasteiger charge is 2.38. The monoisotopic (exact) mass is 1230 g/mol. The third kappa shape index (κ3) is 13.5. The van der Waals surface area contributed by atoms with Gasteiger partial charge in [0.1, 0.15) is 11.5 Å². The number of hydrogen-bond acceptors (Lipinski definition) is 3. The molecule has 11 aromatic rings. The van der Waals surface area contributed by atoms with E-state index in [0.29, 0.717) is 46.6 Å². The molecule has 3 nitrogen and oxygen atoms in total. The molecule has 0 saturated heterocycles. The number of allylic oxidation sites excluding steroid dienone is 12. The maximum absolute atomic E-state index is 15.7. The zero-order valence-electron chi connectivity index (χ0n) is 52.7. The molecule has 0 radical (unpaired) electrons. The SMILES string of the molecule is C#Cc1ccc(C2=C(c3ccc(C#Cc4ccccc4)cc3)C(=O)C(C3=CC=C(C#Cc4ccccc4)CC3)=C2c2ccc(Oc3ccc(C4=C(c5ccc(C#Cc6ccccc6)cc5)C(=O)C(c5ccc(C#Cc6ccccc6)cc5)=C4c4ccc(C#C)cc4)cc3)cc2)cc1. The molecule has 0 atom stereocenters. The third-order valence-corrected chi connectivity index (χ3v) is 17.1. The van der Waals surface area contributed by atoms with Gasteiger partial charge in [-0.05, 0) is 191 Å². The standard InChI is InChI=1S/C94H56O3/c1-3-65-33-45-75(46-34-65)85-87(91(81-53-41-73(42-54-81)31-27-69-21-13-7-14-22-69)93(95)89(85)79-49-37-71(38-50-79)29-25-67-17-9-5-10-18-67)77-57-61-83(62-58-77)97-84-63-59-78(60-64-84)88-86(76-47-35-66(4-2)36-48-76)90(80-51-39-72(40-52-80)30-26-68-19-11-6-12-20-68)94(96)92(88)82-55-43-74(44-56-82)32-28-70-23-15-8-16-24-70/h1-2,5-24,33-43,45-55,57-64H,44,56H2. The minimum Gasteiger partial charge on any atom is -0.457 e. The van der Waals surface area contributed by atoms with Crippen LogP contribution in [-0.2, 0) is 9.59 Å². The van der Waals surface area contributed by atoms with E-state index >= 15 is 9.59 Å². The van der Waals surface area contributed by atoms with Crippen molar-refractivity contribution in [2.45, 2.75) is 12.8 Å². The molecular weight excluding hydrogens is 1180 g/mol. The van der Waals surface area contributed by atoms with Crippen LogP contribution in [0.1, 0.15) is 102 Å². The maximum Gasteiger partial charge on any atom is 0.195 e. The molecule has 0 bridgehead atoms. The summed E-state index contributed by atoms with van der Waals surface area (Å²) in [5, 5.41) is 0. The maximum atomic E-state index is 15.7. The van der Waals surface area contributed by atoms with Crippen LogP contribution in [0.5, 0.6) is 11.5 Å². The molecule has 0 aliphatic heterocycles. The highest BCUT2D eigenvalue weighted by Crippen LogP contribution is 2.52. The van der Waals surface area contributed by atoms with Crippen LogP contribution in [-0.4, -0.2) is 11.6 Å².